The molecule has 0 aromatic heterocycles. The normalized spacial score (nSPS) is 52.9. The van der Waals surface area contributed by atoms with Crippen molar-refractivity contribution in [3.05, 3.63) is 0 Å². The van der Waals surface area contributed by atoms with Crippen LogP contribution in [0.5, 0.6) is 0 Å². The van der Waals surface area contributed by atoms with Gasteiger partial charge >= 0.3 is 0 Å². The van der Waals surface area contributed by atoms with Gasteiger partial charge < -0.3 is 29.0 Å². The number of aliphatic hydroxyl groups is 1. The molecule has 8 rings (SSSR count). The van der Waals surface area contributed by atoms with Gasteiger partial charge in [-0.25, -0.2) is 0 Å². The third-order valence-electron chi connectivity index (χ3n) is 16.3. The molecule has 2 spiro atoms. The number of rotatable bonds is 7. The predicted octanol–water partition coefficient (Wildman–Crippen LogP) is 6.15. The maximum atomic E-state index is 12.9. The molecular formula is C38H59NO6. The number of morpholine rings is 1. The highest BCUT2D eigenvalue weighted by Gasteiger charge is 2.84. The second-order valence-electron chi connectivity index (χ2n) is 18.3. The Balaban J connectivity index is 1.00. The number of carbonyl (C=O) groups excluding carboxylic acids is 2. The summed E-state index contributed by atoms with van der Waals surface area (Å²) in [5.41, 5.74) is 0.594. The van der Waals surface area contributed by atoms with Crippen molar-refractivity contribution >= 4 is 12.2 Å². The predicted molar refractivity (Wildman–Crippen MR) is 170 cm³/mol. The minimum atomic E-state index is -0.452. The van der Waals surface area contributed by atoms with Crippen molar-refractivity contribution in [1.29, 1.82) is 0 Å². The number of aldehydes is 1. The van der Waals surface area contributed by atoms with E-state index in [0.29, 0.717) is 73.0 Å². The van der Waals surface area contributed by atoms with E-state index in [1.807, 2.05) is 4.90 Å². The van der Waals surface area contributed by atoms with Gasteiger partial charge in [0.1, 0.15) is 6.29 Å². The molecule has 1 amide bonds. The lowest BCUT2D eigenvalue weighted by atomic mass is 9.41. The van der Waals surface area contributed by atoms with Crippen molar-refractivity contribution in [2.45, 2.75) is 149 Å². The van der Waals surface area contributed by atoms with E-state index >= 15 is 0 Å². The fraction of sp³-hybridized carbons (Fsp3) is 0.947. The fourth-order valence-corrected chi connectivity index (χ4v) is 13.9. The minimum Gasteiger partial charge on any atom is -0.390 e. The lowest BCUT2D eigenvalue weighted by molar-refractivity contribution is -0.248. The summed E-state index contributed by atoms with van der Waals surface area (Å²) in [4.78, 5) is 26.0. The summed E-state index contributed by atoms with van der Waals surface area (Å²) in [5, 5.41) is 12.4. The van der Waals surface area contributed by atoms with Crippen molar-refractivity contribution in [1.82, 2.24) is 4.90 Å². The van der Waals surface area contributed by atoms with Crippen LogP contribution in [0.1, 0.15) is 118 Å². The van der Waals surface area contributed by atoms with Gasteiger partial charge in [0.15, 0.2) is 6.29 Å². The first-order chi connectivity index (χ1) is 21.4. The van der Waals surface area contributed by atoms with Crippen LogP contribution in [0.2, 0.25) is 0 Å². The zero-order valence-corrected chi connectivity index (χ0v) is 28.6. The Bertz CT molecular complexity index is 1200. The largest absolute Gasteiger partial charge is 0.390 e. The van der Waals surface area contributed by atoms with Gasteiger partial charge in [0.25, 0.3) is 0 Å². The second kappa shape index (κ2) is 10.5. The highest BCUT2D eigenvalue weighted by molar-refractivity contribution is 5.76. The summed E-state index contributed by atoms with van der Waals surface area (Å²) < 4.78 is 19.7. The summed E-state index contributed by atoms with van der Waals surface area (Å²) in [7, 11) is 0. The van der Waals surface area contributed by atoms with Gasteiger partial charge in [-0.2, -0.15) is 0 Å². The van der Waals surface area contributed by atoms with Crippen molar-refractivity contribution < 1.29 is 28.9 Å². The molecule has 7 nitrogen and oxygen atoms in total. The van der Waals surface area contributed by atoms with E-state index in [4.69, 9.17) is 14.2 Å². The molecule has 13 atom stereocenters. The first-order valence-corrected chi connectivity index (χ1v) is 18.7. The topological polar surface area (TPSA) is 85.3 Å². The molecule has 0 aromatic carbocycles. The zero-order chi connectivity index (χ0) is 31.6. The molecule has 0 aromatic rings. The van der Waals surface area contributed by atoms with Crippen LogP contribution < -0.4 is 0 Å². The number of amides is 1. The first-order valence-electron chi connectivity index (χ1n) is 18.7. The highest BCUT2D eigenvalue weighted by atomic mass is 16.7. The van der Waals surface area contributed by atoms with Gasteiger partial charge in [0.2, 0.25) is 5.91 Å². The Hall–Kier alpha value is -1.02. The van der Waals surface area contributed by atoms with Crippen LogP contribution in [0.4, 0.5) is 0 Å². The monoisotopic (exact) mass is 625 g/mol. The van der Waals surface area contributed by atoms with E-state index in [-0.39, 0.29) is 46.8 Å². The van der Waals surface area contributed by atoms with Gasteiger partial charge in [0.05, 0.1) is 37.6 Å². The zero-order valence-electron chi connectivity index (χ0n) is 28.6. The van der Waals surface area contributed by atoms with Gasteiger partial charge in [-0.15, -0.1) is 0 Å². The van der Waals surface area contributed by atoms with Crippen molar-refractivity contribution in [3.63, 3.8) is 0 Å². The molecule has 0 radical (unpaired) electrons. The van der Waals surface area contributed by atoms with E-state index < -0.39 is 6.10 Å². The van der Waals surface area contributed by atoms with Crippen LogP contribution in [-0.2, 0) is 23.8 Å². The molecule has 252 valence electrons. The van der Waals surface area contributed by atoms with Crippen molar-refractivity contribution in [3.8, 4) is 0 Å². The molecule has 1 N–H and O–H groups in total. The molecular weight excluding hydrogens is 566 g/mol. The van der Waals surface area contributed by atoms with E-state index in [2.05, 4.69) is 34.6 Å². The van der Waals surface area contributed by atoms with E-state index in [9.17, 15) is 14.7 Å². The lowest BCUT2D eigenvalue weighted by Crippen LogP contribution is -2.60. The van der Waals surface area contributed by atoms with Crippen molar-refractivity contribution in [2.75, 3.05) is 19.7 Å². The van der Waals surface area contributed by atoms with Crippen LogP contribution in [0.15, 0.2) is 0 Å². The SMILES string of the molecule is C[C@@H]1CC(CCC=O)OC2[C@H]1C1(C)CCC34CC35CCC(O[C@H]3CN(C(=O)CC6CC6)CCO3)C(C)(C)[C@@H]5CCC4[C@]1(C)[C@H]2O. The van der Waals surface area contributed by atoms with Crippen molar-refractivity contribution in [2.24, 2.45) is 56.7 Å². The summed E-state index contributed by atoms with van der Waals surface area (Å²) in [5.74, 6) is 2.87. The smallest absolute Gasteiger partial charge is 0.223 e. The lowest BCUT2D eigenvalue weighted by Gasteiger charge is -2.64. The molecule has 8 fully saturated rings. The molecule has 2 saturated heterocycles. The van der Waals surface area contributed by atoms with Crippen LogP contribution in [-0.4, -0.2) is 72.6 Å². The third-order valence-corrected chi connectivity index (χ3v) is 16.3. The number of aliphatic hydroxyl groups excluding tert-OH is 1. The molecule has 6 saturated carbocycles. The average molecular weight is 626 g/mol. The molecule has 8 aliphatic rings. The maximum absolute atomic E-state index is 12.9. The number of carbonyl (C=O) groups is 2. The molecule has 6 aliphatic carbocycles. The van der Waals surface area contributed by atoms with Gasteiger partial charge in [-0.3, -0.25) is 4.79 Å². The van der Waals surface area contributed by atoms with E-state index in [1.165, 1.54) is 51.4 Å². The van der Waals surface area contributed by atoms with Crippen LogP contribution in [0, 0.1) is 56.7 Å². The fourth-order valence-electron chi connectivity index (χ4n) is 13.9. The number of ether oxygens (including phenoxy) is 3. The van der Waals surface area contributed by atoms with Crippen LogP contribution in [0.25, 0.3) is 0 Å². The van der Waals surface area contributed by atoms with E-state index in [0.717, 1.165) is 25.5 Å². The van der Waals surface area contributed by atoms with Crippen LogP contribution >= 0.6 is 0 Å². The molecule has 45 heavy (non-hydrogen) atoms. The maximum Gasteiger partial charge on any atom is 0.223 e. The Morgan fingerprint density at radius 1 is 1.02 bits per heavy atom. The summed E-state index contributed by atoms with van der Waals surface area (Å²) in [6.45, 7) is 14.1. The Morgan fingerprint density at radius 2 is 1.78 bits per heavy atom. The average Bonchev–Trinajstić information content (AvgIpc) is 3.93. The van der Waals surface area contributed by atoms with Gasteiger partial charge in [-0.1, -0.05) is 34.6 Å². The quantitative estimate of drug-likeness (QED) is 0.342. The summed E-state index contributed by atoms with van der Waals surface area (Å²) in [6, 6.07) is 0. The number of fused-ring (bicyclic) bond motifs is 4. The number of hydrogen-bond acceptors (Lipinski definition) is 6. The molecule has 2 aliphatic heterocycles. The van der Waals surface area contributed by atoms with Gasteiger partial charge in [0, 0.05) is 24.8 Å². The molecule has 7 unspecified atom stereocenters. The summed E-state index contributed by atoms with van der Waals surface area (Å²) in [6.07, 6.45) is 14.1. The minimum absolute atomic E-state index is 0.0315. The molecule has 7 heteroatoms. The third kappa shape index (κ3) is 4.27. The molecule has 0 bridgehead atoms. The Labute approximate surface area is 270 Å². The standard InChI is InChI=1S/C38H59NO6/c1-23-19-25(7-6-17-40)44-32-31(23)35(4)14-15-38-22-37(38)13-12-28(34(2,3)26(37)10-11-27(38)36(35,5)33(32)42)45-30-21-39(16-18-43-30)29(41)20-24-8-9-24/h17,23-28,30-33,42H,6-16,18-22H2,1-5H3/t23-,25?,26+,27?,28?,30+,31+,32?,33+,35?,36-,37?,38?/m1/s1. The summed E-state index contributed by atoms with van der Waals surface area (Å²) >= 11 is 0. The van der Waals surface area contributed by atoms with E-state index in [1.54, 1.807) is 0 Å². The molecule has 2 heterocycles. The Kier molecular flexibility index (Phi) is 7.29. The number of hydrogen-bond donors (Lipinski definition) is 1. The first kappa shape index (κ1) is 31.3. The second-order valence-corrected chi connectivity index (χ2v) is 18.3. The Morgan fingerprint density at radius 3 is 2.53 bits per heavy atom. The highest BCUT2D eigenvalue weighted by Crippen LogP contribution is 2.89. The number of nitrogens with zero attached hydrogens (tertiary/aromatic N) is 1. The van der Waals surface area contributed by atoms with Crippen LogP contribution in [0.3, 0.4) is 0 Å². The van der Waals surface area contributed by atoms with Gasteiger partial charge in [-0.05, 0) is 122 Å².